The zero-order valence-corrected chi connectivity index (χ0v) is 18.7. The molecule has 174 valence electrons. The number of ketones is 1. The molecule has 0 atom stereocenters. The number of rotatable bonds is 8. The van der Waals surface area contributed by atoms with Crippen LogP contribution in [0.3, 0.4) is 0 Å². The lowest BCUT2D eigenvalue weighted by molar-refractivity contribution is -0.134. The molecule has 2 amide bonds. The van der Waals surface area contributed by atoms with Crippen molar-refractivity contribution in [3.05, 3.63) is 48.0 Å². The van der Waals surface area contributed by atoms with Crippen molar-refractivity contribution in [3.8, 4) is 17.2 Å². The van der Waals surface area contributed by atoms with Crippen molar-refractivity contribution in [3.63, 3.8) is 0 Å². The fraction of sp³-hybridized carbons (Fsp3) is 0.400. The fourth-order valence-corrected chi connectivity index (χ4v) is 3.97. The fourth-order valence-electron chi connectivity index (χ4n) is 3.97. The molecule has 0 aromatic heterocycles. The Kier molecular flexibility index (Phi) is 7.12. The number of amides is 2. The third kappa shape index (κ3) is 5.83. The van der Waals surface area contributed by atoms with Gasteiger partial charge in [-0.05, 0) is 62.6 Å². The molecule has 0 aliphatic carbocycles. The maximum absolute atomic E-state index is 12.6. The third-order valence-corrected chi connectivity index (χ3v) is 5.92. The Labute approximate surface area is 192 Å². The predicted octanol–water partition coefficient (Wildman–Crippen LogP) is 3.65. The highest BCUT2D eigenvalue weighted by Crippen LogP contribution is 2.34. The number of nitrogens with one attached hydrogen (secondary N) is 1. The molecule has 0 saturated carbocycles. The van der Waals surface area contributed by atoms with E-state index in [9.17, 15) is 14.4 Å². The van der Waals surface area contributed by atoms with Crippen molar-refractivity contribution in [2.24, 2.45) is 5.92 Å². The highest BCUT2D eigenvalue weighted by molar-refractivity contribution is 5.94. The van der Waals surface area contributed by atoms with Crippen molar-refractivity contribution in [1.82, 2.24) is 4.90 Å². The quantitative estimate of drug-likeness (QED) is 0.485. The summed E-state index contributed by atoms with van der Waals surface area (Å²) in [5.41, 5.74) is 1.32. The molecule has 0 bridgehead atoms. The minimum absolute atomic E-state index is 0.0151. The molecule has 1 fully saturated rings. The summed E-state index contributed by atoms with van der Waals surface area (Å²) in [5.74, 6) is 1.93. The van der Waals surface area contributed by atoms with Gasteiger partial charge in [-0.3, -0.25) is 14.4 Å². The molecule has 0 spiro atoms. The van der Waals surface area contributed by atoms with Crippen LogP contribution in [0.2, 0.25) is 0 Å². The Morgan fingerprint density at radius 2 is 1.76 bits per heavy atom. The van der Waals surface area contributed by atoms with Gasteiger partial charge in [-0.1, -0.05) is 0 Å². The van der Waals surface area contributed by atoms with Crippen LogP contribution in [0, 0.1) is 5.92 Å². The average molecular weight is 453 g/mol. The van der Waals surface area contributed by atoms with E-state index in [1.165, 1.54) is 6.92 Å². The number of piperidine rings is 1. The Morgan fingerprint density at radius 1 is 1.03 bits per heavy atom. The molecule has 2 aliphatic rings. The van der Waals surface area contributed by atoms with Gasteiger partial charge in [-0.15, -0.1) is 0 Å². The molecule has 2 aliphatic heterocycles. The normalized spacial score (nSPS) is 15.2. The number of carbonyl (C=O) groups is 3. The van der Waals surface area contributed by atoms with Crippen molar-refractivity contribution in [1.29, 1.82) is 0 Å². The topological polar surface area (TPSA) is 94.2 Å². The van der Waals surface area contributed by atoms with Crippen LogP contribution < -0.4 is 19.5 Å². The molecule has 8 nitrogen and oxygen atoms in total. The molecule has 2 heterocycles. The first-order valence-electron chi connectivity index (χ1n) is 11.2. The molecule has 1 N–H and O–H groups in total. The van der Waals surface area contributed by atoms with E-state index >= 15 is 0 Å². The van der Waals surface area contributed by atoms with Gasteiger partial charge < -0.3 is 24.4 Å². The van der Waals surface area contributed by atoms with E-state index in [0.29, 0.717) is 73.9 Å². The molecule has 0 radical (unpaired) electrons. The molecular formula is C25H28N2O6. The zero-order valence-electron chi connectivity index (χ0n) is 18.7. The minimum atomic E-state index is -0.124. The number of nitrogens with zero attached hydrogens (tertiary/aromatic N) is 1. The van der Waals surface area contributed by atoms with E-state index in [0.717, 1.165) is 0 Å². The summed E-state index contributed by atoms with van der Waals surface area (Å²) in [5, 5.41) is 2.94. The lowest BCUT2D eigenvalue weighted by Crippen LogP contribution is -2.41. The molecule has 0 unspecified atom stereocenters. The summed E-state index contributed by atoms with van der Waals surface area (Å²) >= 11 is 0. The number of benzene rings is 2. The Hall–Kier alpha value is -3.55. The van der Waals surface area contributed by atoms with Gasteiger partial charge in [0.25, 0.3) is 0 Å². The lowest BCUT2D eigenvalue weighted by atomic mass is 9.95. The predicted molar refractivity (Wildman–Crippen MR) is 122 cm³/mol. The van der Waals surface area contributed by atoms with E-state index in [1.54, 1.807) is 42.5 Å². The summed E-state index contributed by atoms with van der Waals surface area (Å²) in [7, 11) is 0. The maximum atomic E-state index is 12.6. The van der Waals surface area contributed by atoms with E-state index in [2.05, 4.69) is 5.32 Å². The summed E-state index contributed by atoms with van der Waals surface area (Å²) in [6, 6.07) is 12.3. The van der Waals surface area contributed by atoms with Crippen molar-refractivity contribution in [2.45, 2.75) is 32.6 Å². The lowest BCUT2D eigenvalue weighted by Gasteiger charge is -2.31. The second-order valence-corrected chi connectivity index (χ2v) is 8.24. The largest absolute Gasteiger partial charge is 0.494 e. The van der Waals surface area contributed by atoms with Crippen LogP contribution in [0.4, 0.5) is 5.69 Å². The number of hydrogen-bond donors (Lipinski definition) is 1. The van der Waals surface area contributed by atoms with Crippen molar-refractivity contribution >= 4 is 23.3 Å². The standard InChI is InChI=1S/C25H28N2O6/c1-17(28)18-4-7-21(8-5-18)31-14-2-3-24(29)27-12-10-19(11-13-27)25(30)26-20-6-9-22-23(15-20)33-16-32-22/h4-9,15,19H,2-3,10-14,16H2,1H3,(H,26,30). The second-order valence-electron chi connectivity index (χ2n) is 8.24. The average Bonchev–Trinajstić information content (AvgIpc) is 3.30. The zero-order chi connectivity index (χ0) is 23.2. The molecule has 1 saturated heterocycles. The monoisotopic (exact) mass is 452 g/mol. The first kappa shape index (κ1) is 22.6. The van der Waals surface area contributed by atoms with E-state index in [-0.39, 0.29) is 30.3 Å². The van der Waals surface area contributed by atoms with Gasteiger partial charge in [-0.25, -0.2) is 0 Å². The van der Waals surface area contributed by atoms with Gasteiger partial charge >= 0.3 is 0 Å². The maximum Gasteiger partial charge on any atom is 0.231 e. The summed E-state index contributed by atoms with van der Waals surface area (Å²) in [6.07, 6.45) is 2.29. The van der Waals surface area contributed by atoms with E-state index in [1.807, 2.05) is 4.90 Å². The summed E-state index contributed by atoms with van der Waals surface area (Å²) in [4.78, 5) is 38.3. The van der Waals surface area contributed by atoms with Crippen molar-refractivity contribution in [2.75, 3.05) is 31.8 Å². The molecule has 4 rings (SSSR count). The van der Waals surface area contributed by atoms with Gasteiger partial charge in [0.1, 0.15) is 5.75 Å². The summed E-state index contributed by atoms with van der Waals surface area (Å²) in [6.45, 7) is 3.30. The van der Waals surface area contributed by atoms with Crippen LogP contribution >= 0.6 is 0 Å². The van der Waals surface area contributed by atoms with Crippen LogP contribution in [0.15, 0.2) is 42.5 Å². The van der Waals surface area contributed by atoms with Gasteiger partial charge in [0.15, 0.2) is 17.3 Å². The Balaban J connectivity index is 1.15. The highest BCUT2D eigenvalue weighted by atomic mass is 16.7. The second kappa shape index (κ2) is 10.4. The van der Waals surface area contributed by atoms with Crippen molar-refractivity contribution < 1.29 is 28.6 Å². The number of ether oxygens (including phenoxy) is 3. The van der Waals surface area contributed by atoms with Gasteiger partial charge in [0.05, 0.1) is 6.61 Å². The summed E-state index contributed by atoms with van der Waals surface area (Å²) < 4.78 is 16.3. The van der Waals surface area contributed by atoms with Crippen LogP contribution in [0.25, 0.3) is 0 Å². The Bertz CT molecular complexity index is 1010. The van der Waals surface area contributed by atoms with Gasteiger partial charge in [0.2, 0.25) is 18.6 Å². The minimum Gasteiger partial charge on any atom is -0.494 e. The van der Waals surface area contributed by atoms with Gasteiger partial charge in [0, 0.05) is 42.7 Å². The number of carbonyl (C=O) groups excluding carboxylic acids is 3. The highest BCUT2D eigenvalue weighted by Gasteiger charge is 2.27. The molecule has 8 heteroatoms. The molecule has 2 aromatic carbocycles. The first-order chi connectivity index (χ1) is 16.0. The number of Topliss-reactive ketones (excluding diaryl/α,β-unsaturated/α-hetero) is 1. The van der Waals surface area contributed by atoms with E-state index < -0.39 is 0 Å². The SMILES string of the molecule is CC(=O)c1ccc(OCCCC(=O)N2CCC(C(=O)Nc3ccc4c(c3)OCO4)CC2)cc1. The van der Waals surface area contributed by atoms with Gasteiger partial charge in [-0.2, -0.15) is 0 Å². The first-order valence-corrected chi connectivity index (χ1v) is 11.2. The smallest absolute Gasteiger partial charge is 0.231 e. The Morgan fingerprint density at radius 3 is 2.48 bits per heavy atom. The number of anilines is 1. The number of fused-ring (bicyclic) bond motifs is 1. The number of likely N-dealkylation sites (tertiary alicyclic amines) is 1. The third-order valence-electron chi connectivity index (χ3n) is 5.92. The van der Waals surface area contributed by atoms with E-state index in [4.69, 9.17) is 14.2 Å². The number of hydrogen-bond acceptors (Lipinski definition) is 6. The van der Waals surface area contributed by atoms with Crippen LogP contribution in [-0.2, 0) is 9.59 Å². The van der Waals surface area contributed by atoms with Crippen LogP contribution in [-0.4, -0.2) is 49.0 Å². The molecule has 2 aromatic rings. The molecular weight excluding hydrogens is 424 g/mol. The van der Waals surface area contributed by atoms with Crippen LogP contribution in [0.5, 0.6) is 17.2 Å². The molecule has 33 heavy (non-hydrogen) atoms. The van der Waals surface area contributed by atoms with Crippen LogP contribution in [0.1, 0.15) is 43.0 Å².